The monoisotopic (exact) mass is 705 g/mol. The third-order valence-electron chi connectivity index (χ3n) is 7.86. The number of ether oxygens (including phenoxy) is 4. The van der Waals surface area contributed by atoms with Crippen LogP contribution in [-0.2, 0) is 38.2 Å². The third-order valence-corrected chi connectivity index (χ3v) is 8.51. The molecule has 1 aliphatic heterocycles. The van der Waals surface area contributed by atoms with Gasteiger partial charge in [0.25, 0.3) is 17.7 Å². The van der Waals surface area contributed by atoms with Crippen molar-refractivity contribution >= 4 is 47.0 Å². The van der Waals surface area contributed by atoms with Crippen LogP contribution in [0.5, 0.6) is 5.75 Å². The van der Waals surface area contributed by atoms with Crippen LogP contribution in [0.3, 0.4) is 0 Å². The van der Waals surface area contributed by atoms with E-state index in [2.05, 4.69) is 10.6 Å². The number of nitrogens with zero attached hydrogens (tertiary/aromatic N) is 1. The van der Waals surface area contributed by atoms with E-state index in [1.807, 2.05) is 20.1 Å². The molecule has 0 spiro atoms. The Hall–Kier alpha value is -3.59. The zero-order valence-corrected chi connectivity index (χ0v) is 29.9. The van der Waals surface area contributed by atoms with Gasteiger partial charge < -0.3 is 29.6 Å². The van der Waals surface area contributed by atoms with Crippen LogP contribution in [0.4, 0.5) is 0 Å². The van der Waals surface area contributed by atoms with Gasteiger partial charge in [-0.05, 0) is 49.5 Å². The highest BCUT2D eigenvalue weighted by Gasteiger charge is 2.31. The molecule has 0 fully saturated rings. The summed E-state index contributed by atoms with van der Waals surface area (Å²) < 4.78 is 22.0. The predicted octanol–water partition coefficient (Wildman–Crippen LogP) is 2.61. The molecule has 49 heavy (non-hydrogen) atoms. The van der Waals surface area contributed by atoms with Gasteiger partial charge in [0.15, 0.2) is 5.78 Å². The Morgan fingerprint density at radius 3 is 2.16 bits per heavy atom. The maximum atomic E-state index is 13.6. The van der Waals surface area contributed by atoms with E-state index < -0.39 is 29.7 Å². The summed E-state index contributed by atoms with van der Waals surface area (Å²) in [5.41, 5.74) is 0.330. The number of nitrogens with one attached hydrogen (secondary N) is 2. The van der Waals surface area contributed by atoms with Gasteiger partial charge in [-0.2, -0.15) is 11.8 Å². The molecule has 0 aromatic heterocycles. The van der Waals surface area contributed by atoms with E-state index >= 15 is 0 Å². The van der Waals surface area contributed by atoms with E-state index in [0.29, 0.717) is 76.0 Å². The fourth-order valence-corrected chi connectivity index (χ4v) is 5.24. The van der Waals surface area contributed by atoms with Crippen molar-refractivity contribution in [1.29, 1.82) is 0 Å². The fourth-order valence-electron chi connectivity index (χ4n) is 4.76. The first-order chi connectivity index (χ1) is 23.6. The van der Waals surface area contributed by atoms with Crippen molar-refractivity contribution in [2.75, 3.05) is 71.3 Å². The second kappa shape index (κ2) is 23.7. The Labute approximate surface area is 293 Å². The Morgan fingerprint density at radius 1 is 0.918 bits per heavy atom. The SMILES string of the molecule is CC[C@H](C)[C@H](CC(=O)[C@H](CCSC)NC(=O)c1cccc(OCCOCCOCCOCCC(C)=O)c1)C(=O)NCCN1C(=O)C=CC1=O. The van der Waals surface area contributed by atoms with Crippen molar-refractivity contribution in [1.82, 2.24) is 15.5 Å². The second-order valence-corrected chi connectivity index (χ2v) is 12.6. The Kier molecular flexibility index (Phi) is 20.1. The first-order valence-corrected chi connectivity index (χ1v) is 18.1. The minimum Gasteiger partial charge on any atom is -0.491 e. The summed E-state index contributed by atoms with van der Waals surface area (Å²) in [4.78, 5) is 75.5. The van der Waals surface area contributed by atoms with Crippen LogP contribution in [-0.4, -0.2) is 117 Å². The molecule has 14 heteroatoms. The number of carbonyl (C=O) groups is 6. The van der Waals surface area contributed by atoms with Gasteiger partial charge in [0.1, 0.15) is 18.1 Å². The van der Waals surface area contributed by atoms with Gasteiger partial charge in [-0.25, -0.2) is 0 Å². The molecule has 2 N–H and O–H groups in total. The highest BCUT2D eigenvalue weighted by molar-refractivity contribution is 7.98. The zero-order valence-electron chi connectivity index (χ0n) is 29.0. The number of ketones is 2. The molecule has 0 aliphatic carbocycles. The van der Waals surface area contributed by atoms with Gasteiger partial charge in [-0.1, -0.05) is 26.3 Å². The molecule has 2 rings (SSSR count). The number of hydrogen-bond donors (Lipinski definition) is 2. The fraction of sp³-hybridized carbons (Fsp3) is 0.600. The van der Waals surface area contributed by atoms with E-state index in [-0.39, 0.29) is 49.5 Å². The molecule has 13 nitrogen and oxygen atoms in total. The van der Waals surface area contributed by atoms with Crippen LogP contribution < -0.4 is 15.4 Å². The lowest BCUT2D eigenvalue weighted by Gasteiger charge is -2.25. The summed E-state index contributed by atoms with van der Waals surface area (Å²) in [6, 6.07) is 5.86. The van der Waals surface area contributed by atoms with Crippen LogP contribution in [0.1, 0.15) is 56.8 Å². The van der Waals surface area contributed by atoms with Crippen molar-refractivity contribution in [3.05, 3.63) is 42.0 Å². The molecule has 1 aliphatic rings. The van der Waals surface area contributed by atoms with Gasteiger partial charge in [0.2, 0.25) is 5.91 Å². The van der Waals surface area contributed by atoms with Crippen LogP contribution in [0.2, 0.25) is 0 Å². The summed E-state index contributed by atoms with van der Waals surface area (Å²) >= 11 is 1.55. The maximum absolute atomic E-state index is 13.6. The molecule has 0 saturated heterocycles. The first kappa shape index (κ1) is 41.6. The quantitative estimate of drug-likeness (QED) is 0.102. The number of amides is 4. The molecule has 4 amide bonds. The minimum absolute atomic E-state index is 0.0381. The summed E-state index contributed by atoms with van der Waals surface area (Å²) in [5, 5.41) is 5.64. The summed E-state index contributed by atoms with van der Waals surface area (Å²) in [7, 11) is 0. The molecule has 0 unspecified atom stereocenters. The topological polar surface area (TPSA) is 167 Å². The van der Waals surface area contributed by atoms with Crippen molar-refractivity contribution in [2.45, 2.75) is 52.5 Å². The summed E-state index contributed by atoms with van der Waals surface area (Å²) in [5.74, 6) is -1.42. The van der Waals surface area contributed by atoms with Crippen LogP contribution >= 0.6 is 11.8 Å². The standard InChI is InChI=1S/C35H51N3O10S/c1-5-25(2)29(35(44)36-13-14-38-32(41)9-10-33(38)42)24-31(40)30(12-22-49-4)37-34(43)27-7-6-8-28(23-27)48-21-20-47-19-18-46-17-16-45-15-11-26(3)39/h6-10,23,25,29-30H,5,11-22,24H2,1-4H3,(H,36,44)(H,37,43)/t25-,29-,30-/m0/s1. The normalized spacial score (nSPS) is 14.4. The lowest BCUT2D eigenvalue weighted by molar-refractivity contribution is -0.137. The Bertz CT molecular complexity index is 1260. The number of Topliss-reactive ketones (excluding diaryl/α,β-unsaturated/α-hetero) is 2. The molecule has 0 radical (unpaired) electrons. The van der Waals surface area contributed by atoms with Crippen molar-refractivity contribution in [3.63, 3.8) is 0 Å². The number of carbonyl (C=O) groups excluding carboxylic acids is 6. The van der Waals surface area contributed by atoms with E-state index in [4.69, 9.17) is 18.9 Å². The predicted molar refractivity (Wildman–Crippen MR) is 185 cm³/mol. The van der Waals surface area contributed by atoms with Crippen LogP contribution in [0.15, 0.2) is 36.4 Å². The van der Waals surface area contributed by atoms with E-state index in [1.165, 1.54) is 19.1 Å². The van der Waals surface area contributed by atoms with Crippen molar-refractivity contribution in [3.8, 4) is 5.75 Å². The van der Waals surface area contributed by atoms with Gasteiger partial charge in [-0.15, -0.1) is 0 Å². The number of rotatable bonds is 27. The molecule has 0 bridgehead atoms. The van der Waals surface area contributed by atoms with Crippen LogP contribution in [0, 0.1) is 11.8 Å². The largest absolute Gasteiger partial charge is 0.491 e. The lowest BCUT2D eigenvalue weighted by Crippen LogP contribution is -2.45. The maximum Gasteiger partial charge on any atom is 0.253 e. The lowest BCUT2D eigenvalue weighted by atomic mass is 9.85. The third kappa shape index (κ3) is 16.1. The van der Waals surface area contributed by atoms with Gasteiger partial charge in [0, 0.05) is 49.6 Å². The molecular weight excluding hydrogens is 654 g/mol. The Morgan fingerprint density at radius 2 is 1.55 bits per heavy atom. The summed E-state index contributed by atoms with van der Waals surface area (Å²) in [6.45, 7) is 8.03. The van der Waals surface area contributed by atoms with Crippen LogP contribution in [0.25, 0.3) is 0 Å². The second-order valence-electron chi connectivity index (χ2n) is 11.6. The number of imide groups is 1. The average molecular weight is 706 g/mol. The van der Waals surface area contributed by atoms with Gasteiger partial charge in [-0.3, -0.25) is 33.7 Å². The molecule has 1 aromatic rings. The molecule has 0 saturated carbocycles. The first-order valence-electron chi connectivity index (χ1n) is 16.7. The molecule has 1 aromatic carbocycles. The summed E-state index contributed by atoms with van der Waals surface area (Å²) in [6.07, 6.45) is 5.68. The zero-order chi connectivity index (χ0) is 36.0. The number of hydrogen-bond acceptors (Lipinski definition) is 11. The highest BCUT2D eigenvalue weighted by Crippen LogP contribution is 2.22. The Balaban J connectivity index is 1.84. The van der Waals surface area contributed by atoms with E-state index in [9.17, 15) is 28.8 Å². The molecular formula is C35H51N3O10S. The number of benzene rings is 1. The number of thioether (sulfide) groups is 1. The smallest absolute Gasteiger partial charge is 0.253 e. The molecule has 1 heterocycles. The molecule has 3 atom stereocenters. The van der Waals surface area contributed by atoms with Crippen molar-refractivity contribution in [2.24, 2.45) is 11.8 Å². The van der Waals surface area contributed by atoms with Gasteiger partial charge in [0.05, 0.1) is 45.7 Å². The highest BCUT2D eigenvalue weighted by atomic mass is 32.2. The van der Waals surface area contributed by atoms with Gasteiger partial charge >= 0.3 is 0 Å². The van der Waals surface area contributed by atoms with Crippen molar-refractivity contribution < 1.29 is 47.7 Å². The van der Waals surface area contributed by atoms with E-state index in [1.54, 1.807) is 36.0 Å². The minimum atomic E-state index is -0.794. The van der Waals surface area contributed by atoms with E-state index in [0.717, 1.165) is 4.90 Å². The molecule has 272 valence electrons. The average Bonchev–Trinajstić information content (AvgIpc) is 3.41.